The first-order chi connectivity index (χ1) is 7.92. The minimum absolute atomic E-state index is 1.18. The van der Waals surface area contributed by atoms with Gasteiger partial charge in [-0.15, -0.1) is 0 Å². The molecule has 0 atom stereocenters. The molecule has 1 aromatic rings. The number of likely N-dealkylation sites (tertiary alicyclic amines) is 1. The Morgan fingerprint density at radius 3 is 2.50 bits per heavy atom. The van der Waals surface area contributed by atoms with Gasteiger partial charge in [0, 0.05) is 18.8 Å². The second kappa shape index (κ2) is 5.74. The summed E-state index contributed by atoms with van der Waals surface area (Å²) in [5, 5.41) is 0. The van der Waals surface area contributed by atoms with Crippen LogP contribution in [0.3, 0.4) is 0 Å². The molecule has 1 nitrogen and oxygen atoms in total. The van der Waals surface area contributed by atoms with E-state index in [4.69, 9.17) is 0 Å². The van der Waals surface area contributed by atoms with Crippen LogP contribution in [0.4, 0.5) is 0 Å². The molecule has 0 spiro atoms. The van der Waals surface area contributed by atoms with Crippen molar-refractivity contribution >= 4 is 5.70 Å². The number of unbranched alkanes of at least 4 members (excludes halogenated alkanes) is 1. The molecule has 1 heteroatoms. The number of hydrogen-bond acceptors (Lipinski definition) is 1. The predicted octanol–water partition coefficient (Wildman–Crippen LogP) is 3.92. The first kappa shape index (κ1) is 11.3. The zero-order valence-electron chi connectivity index (χ0n) is 10.2. The van der Waals surface area contributed by atoms with Crippen molar-refractivity contribution < 1.29 is 0 Å². The highest BCUT2D eigenvalue weighted by atomic mass is 15.1. The molecule has 1 aromatic carbocycles. The highest BCUT2D eigenvalue weighted by molar-refractivity contribution is 5.64. The van der Waals surface area contributed by atoms with Crippen molar-refractivity contribution in [2.75, 3.05) is 13.1 Å². The molecule has 0 radical (unpaired) electrons. The molecule has 0 aromatic heterocycles. The minimum atomic E-state index is 1.18. The molecular weight excluding hydrogens is 194 g/mol. The predicted molar refractivity (Wildman–Crippen MR) is 70.1 cm³/mol. The van der Waals surface area contributed by atoms with Gasteiger partial charge >= 0.3 is 0 Å². The number of benzene rings is 1. The van der Waals surface area contributed by atoms with Crippen LogP contribution in [0.2, 0.25) is 0 Å². The van der Waals surface area contributed by atoms with Crippen LogP contribution in [-0.2, 0) is 0 Å². The Bertz CT molecular complexity index is 334. The molecule has 1 heterocycles. The Balaban J connectivity index is 2.20. The van der Waals surface area contributed by atoms with Crippen LogP contribution < -0.4 is 0 Å². The third-order valence-electron chi connectivity index (χ3n) is 3.14. The summed E-state index contributed by atoms with van der Waals surface area (Å²) in [6.45, 7) is 4.69. The summed E-state index contributed by atoms with van der Waals surface area (Å²) in [6, 6.07) is 10.8. The summed E-state index contributed by atoms with van der Waals surface area (Å²) in [6.07, 6.45) is 7.50. The normalized spacial score (nSPS) is 16.8. The average molecular weight is 215 g/mol. The lowest BCUT2D eigenvalue weighted by atomic mass is 10.1. The fourth-order valence-electron chi connectivity index (χ4n) is 2.28. The molecule has 1 aliphatic rings. The Morgan fingerprint density at radius 2 is 1.88 bits per heavy atom. The van der Waals surface area contributed by atoms with Crippen molar-refractivity contribution in [1.82, 2.24) is 4.90 Å². The highest BCUT2D eigenvalue weighted by Crippen LogP contribution is 2.24. The van der Waals surface area contributed by atoms with Gasteiger partial charge in [-0.2, -0.15) is 0 Å². The second-order valence-electron chi connectivity index (χ2n) is 4.44. The van der Waals surface area contributed by atoms with Crippen molar-refractivity contribution in [1.29, 1.82) is 0 Å². The van der Waals surface area contributed by atoms with Crippen LogP contribution in [0.1, 0.15) is 38.2 Å². The fraction of sp³-hybridized carbons (Fsp3) is 0.467. The molecule has 0 bridgehead atoms. The van der Waals surface area contributed by atoms with Gasteiger partial charge in [0.25, 0.3) is 0 Å². The zero-order valence-corrected chi connectivity index (χ0v) is 10.2. The Kier molecular flexibility index (Phi) is 4.03. The molecule has 86 valence electrons. The maximum Gasteiger partial charge on any atom is 0.0399 e. The number of hydrogen-bond donors (Lipinski definition) is 0. The van der Waals surface area contributed by atoms with Crippen LogP contribution >= 0.6 is 0 Å². The molecule has 2 rings (SSSR count). The SMILES string of the molecule is CCC/C=C(\c1ccccc1)N1CCCC1. The van der Waals surface area contributed by atoms with E-state index < -0.39 is 0 Å². The van der Waals surface area contributed by atoms with E-state index in [2.05, 4.69) is 48.2 Å². The molecule has 1 aliphatic heterocycles. The molecule has 0 saturated carbocycles. The van der Waals surface area contributed by atoms with E-state index in [1.165, 1.54) is 50.0 Å². The monoisotopic (exact) mass is 215 g/mol. The summed E-state index contributed by atoms with van der Waals surface area (Å²) in [4.78, 5) is 2.53. The first-order valence-corrected chi connectivity index (χ1v) is 6.42. The Hall–Kier alpha value is -1.24. The summed E-state index contributed by atoms with van der Waals surface area (Å²) in [5.41, 5.74) is 2.82. The summed E-state index contributed by atoms with van der Waals surface area (Å²) in [5.74, 6) is 0. The number of allylic oxidation sites excluding steroid dienone is 1. The van der Waals surface area contributed by atoms with Gasteiger partial charge in [0.2, 0.25) is 0 Å². The lowest BCUT2D eigenvalue weighted by molar-refractivity contribution is 0.491. The first-order valence-electron chi connectivity index (χ1n) is 6.42. The Morgan fingerprint density at radius 1 is 1.19 bits per heavy atom. The van der Waals surface area contributed by atoms with Gasteiger partial charge in [-0.25, -0.2) is 0 Å². The van der Waals surface area contributed by atoms with E-state index in [0.717, 1.165) is 0 Å². The maximum atomic E-state index is 2.53. The highest BCUT2D eigenvalue weighted by Gasteiger charge is 2.15. The quantitative estimate of drug-likeness (QED) is 0.735. The van der Waals surface area contributed by atoms with Gasteiger partial charge in [-0.1, -0.05) is 49.8 Å². The van der Waals surface area contributed by atoms with E-state index in [1.807, 2.05) is 0 Å². The van der Waals surface area contributed by atoms with E-state index in [9.17, 15) is 0 Å². The molecule has 1 saturated heterocycles. The van der Waals surface area contributed by atoms with E-state index in [0.29, 0.717) is 0 Å². The summed E-state index contributed by atoms with van der Waals surface area (Å²) >= 11 is 0. The lowest BCUT2D eigenvalue weighted by Gasteiger charge is -2.22. The molecule has 0 amide bonds. The molecule has 1 fully saturated rings. The van der Waals surface area contributed by atoms with Crippen molar-refractivity contribution in [3.8, 4) is 0 Å². The standard InChI is InChI=1S/C15H21N/c1-2-3-11-15(16-12-7-8-13-16)14-9-5-4-6-10-14/h4-6,9-11H,2-3,7-8,12-13H2,1H3/b15-11+. The molecule has 16 heavy (non-hydrogen) atoms. The fourth-order valence-corrected chi connectivity index (χ4v) is 2.28. The van der Waals surface area contributed by atoms with Crippen LogP contribution in [-0.4, -0.2) is 18.0 Å². The molecular formula is C15H21N. The smallest absolute Gasteiger partial charge is 0.0399 e. The van der Waals surface area contributed by atoms with Gasteiger partial charge in [-0.3, -0.25) is 0 Å². The van der Waals surface area contributed by atoms with Gasteiger partial charge in [0.15, 0.2) is 0 Å². The average Bonchev–Trinajstić information content (AvgIpc) is 2.85. The largest absolute Gasteiger partial charge is 0.371 e. The summed E-state index contributed by atoms with van der Waals surface area (Å²) < 4.78 is 0. The topological polar surface area (TPSA) is 3.24 Å². The lowest BCUT2D eigenvalue weighted by Crippen LogP contribution is -2.17. The van der Waals surface area contributed by atoms with Crippen molar-refractivity contribution in [2.45, 2.75) is 32.6 Å². The van der Waals surface area contributed by atoms with Crippen LogP contribution in [0.25, 0.3) is 5.70 Å². The summed E-state index contributed by atoms with van der Waals surface area (Å²) in [7, 11) is 0. The minimum Gasteiger partial charge on any atom is -0.371 e. The van der Waals surface area contributed by atoms with Gasteiger partial charge in [0.1, 0.15) is 0 Å². The van der Waals surface area contributed by atoms with Gasteiger partial charge in [0.05, 0.1) is 0 Å². The molecule has 0 unspecified atom stereocenters. The van der Waals surface area contributed by atoms with Crippen molar-refractivity contribution in [3.05, 3.63) is 42.0 Å². The van der Waals surface area contributed by atoms with E-state index in [-0.39, 0.29) is 0 Å². The third kappa shape index (κ3) is 2.66. The van der Waals surface area contributed by atoms with Crippen LogP contribution in [0, 0.1) is 0 Å². The number of nitrogens with zero attached hydrogens (tertiary/aromatic N) is 1. The van der Waals surface area contributed by atoms with Crippen molar-refractivity contribution in [3.63, 3.8) is 0 Å². The van der Waals surface area contributed by atoms with Crippen LogP contribution in [0.15, 0.2) is 36.4 Å². The van der Waals surface area contributed by atoms with E-state index in [1.54, 1.807) is 0 Å². The molecule has 0 aliphatic carbocycles. The zero-order chi connectivity index (χ0) is 11.2. The third-order valence-corrected chi connectivity index (χ3v) is 3.14. The van der Waals surface area contributed by atoms with E-state index >= 15 is 0 Å². The van der Waals surface area contributed by atoms with Crippen LogP contribution in [0.5, 0.6) is 0 Å². The van der Waals surface area contributed by atoms with Gasteiger partial charge in [-0.05, 0) is 24.8 Å². The van der Waals surface area contributed by atoms with Crippen molar-refractivity contribution in [2.24, 2.45) is 0 Å². The maximum absolute atomic E-state index is 2.53. The Labute approximate surface area is 98.8 Å². The van der Waals surface area contributed by atoms with Gasteiger partial charge < -0.3 is 4.90 Å². The number of rotatable bonds is 4. The second-order valence-corrected chi connectivity index (χ2v) is 4.44. The molecule has 0 N–H and O–H groups in total.